The number of hydrogen-bond acceptors (Lipinski definition) is 5. The lowest BCUT2D eigenvalue weighted by Gasteiger charge is -2.18. The lowest BCUT2D eigenvalue weighted by atomic mass is 10.0. The minimum absolute atomic E-state index is 0.0119. The molecule has 1 aromatic rings. The molecule has 0 amide bonds. The molecular formula is C10H11Cl2NO4. The van der Waals surface area contributed by atoms with Crippen molar-refractivity contribution in [3.63, 3.8) is 0 Å². The molecule has 0 aliphatic rings. The molecule has 0 spiro atoms. The summed E-state index contributed by atoms with van der Waals surface area (Å²) in [5.74, 6) is -0.971. The molecule has 0 saturated heterocycles. The van der Waals surface area contributed by atoms with Crippen molar-refractivity contribution in [2.24, 2.45) is 0 Å². The summed E-state index contributed by atoms with van der Waals surface area (Å²) in [4.78, 5) is 11.1. The number of ether oxygens (including phenoxy) is 1. The number of methoxy groups -OCH3 is 1. The molecule has 7 heteroatoms. The van der Waals surface area contributed by atoms with Gasteiger partial charge in [0.15, 0.2) is 6.10 Å². The number of anilines is 1. The van der Waals surface area contributed by atoms with E-state index in [0.717, 1.165) is 7.11 Å². The average molecular weight is 280 g/mol. The minimum atomic E-state index is -1.74. The van der Waals surface area contributed by atoms with Crippen molar-refractivity contribution in [2.75, 3.05) is 12.8 Å². The maximum atomic E-state index is 11.1. The number of nitrogens with two attached hydrogens (primary N) is 1. The van der Waals surface area contributed by atoms with Crippen LogP contribution < -0.4 is 5.73 Å². The predicted molar refractivity (Wildman–Crippen MR) is 63.9 cm³/mol. The first-order valence-electron chi connectivity index (χ1n) is 4.57. The van der Waals surface area contributed by atoms with Gasteiger partial charge < -0.3 is 20.7 Å². The lowest BCUT2D eigenvalue weighted by Crippen LogP contribution is -2.29. The van der Waals surface area contributed by atoms with Gasteiger partial charge in [0, 0.05) is 5.56 Å². The third kappa shape index (κ3) is 2.81. The van der Waals surface area contributed by atoms with Crippen molar-refractivity contribution in [1.82, 2.24) is 0 Å². The van der Waals surface area contributed by atoms with E-state index in [1.54, 1.807) is 0 Å². The number of nitrogen functional groups attached to an aromatic ring is 1. The molecule has 94 valence electrons. The van der Waals surface area contributed by atoms with Gasteiger partial charge in [-0.15, -0.1) is 0 Å². The molecule has 0 saturated carbocycles. The van der Waals surface area contributed by atoms with Gasteiger partial charge in [-0.25, -0.2) is 4.79 Å². The maximum Gasteiger partial charge on any atom is 0.337 e. The molecule has 0 heterocycles. The quantitative estimate of drug-likeness (QED) is 0.570. The molecule has 0 fully saturated rings. The van der Waals surface area contributed by atoms with Crippen LogP contribution in [0.4, 0.5) is 5.69 Å². The number of rotatable bonds is 3. The summed E-state index contributed by atoms with van der Waals surface area (Å²) >= 11 is 11.6. The van der Waals surface area contributed by atoms with Crippen LogP contribution in [0.3, 0.4) is 0 Å². The highest BCUT2D eigenvalue weighted by Crippen LogP contribution is 2.35. The van der Waals surface area contributed by atoms with Gasteiger partial charge in [-0.1, -0.05) is 29.3 Å². The van der Waals surface area contributed by atoms with E-state index in [2.05, 4.69) is 4.74 Å². The summed E-state index contributed by atoms with van der Waals surface area (Å²) in [7, 11) is 1.09. The largest absolute Gasteiger partial charge is 0.467 e. The van der Waals surface area contributed by atoms with Crippen LogP contribution in [0, 0.1) is 0 Å². The summed E-state index contributed by atoms with van der Waals surface area (Å²) in [6.07, 6.45) is -3.27. The Bertz CT molecular complexity index is 439. The molecule has 0 bridgehead atoms. The van der Waals surface area contributed by atoms with Crippen LogP contribution in [0.1, 0.15) is 11.7 Å². The van der Waals surface area contributed by atoms with Crippen molar-refractivity contribution >= 4 is 34.9 Å². The second kappa shape index (κ2) is 5.55. The molecule has 17 heavy (non-hydrogen) atoms. The van der Waals surface area contributed by atoms with E-state index in [9.17, 15) is 15.0 Å². The van der Waals surface area contributed by atoms with Crippen LogP contribution in [0.2, 0.25) is 10.0 Å². The molecule has 1 rings (SSSR count). The van der Waals surface area contributed by atoms with E-state index in [4.69, 9.17) is 28.9 Å². The Morgan fingerprint density at radius 3 is 2.47 bits per heavy atom. The smallest absolute Gasteiger partial charge is 0.337 e. The van der Waals surface area contributed by atoms with E-state index in [0.29, 0.717) is 0 Å². The number of halogens is 2. The van der Waals surface area contributed by atoms with Crippen LogP contribution in [0.5, 0.6) is 0 Å². The Morgan fingerprint density at radius 2 is 1.94 bits per heavy atom. The van der Waals surface area contributed by atoms with Gasteiger partial charge >= 0.3 is 5.97 Å². The van der Waals surface area contributed by atoms with Crippen LogP contribution in [-0.4, -0.2) is 29.4 Å². The Hall–Kier alpha value is -1.01. The number of hydrogen-bond donors (Lipinski definition) is 3. The molecule has 0 radical (unpaired) electrons. The van der Waals surface area contributed by atoms with Gasteiger partial charge in [0.1, 0.15) is 6.10 Å². The van der Waals surface area contributed by atoms with Gasteiger partial charge in [0.05, 0.1) is 22.8 Å². The molecule has 0 aliphatic carbocycles. The van der Waals surface area contributed by atoms with Crippen LogP contribution in [0.15, 0.2) is 12.1 Å². The fourth-order valence-corrected chi connectivity index (χ4v) is 1.68. The van der Waals surface area contributed by atoms with E-state index in [1.807, 2.05) is 0 Å². The zero-order chi connectivity index (χ0) is 13.2. The molecular weight excluding hydrogens is 269 g/mol. The highest BCUT2D eigenvalue weighted by Gasteiger charge is 2.28. The first-order chi connectivity index (χ1) is 7.90. The third-order valence-electron chi connectivity index (χ3n) is 2.20. The van der Waals surface area contributed by atoms with Gasteiger partial charge in [-0.2, -0.15) is 0 Å². The van der Waals surface area contributed by atoms with Crippen LogP contribution in [0.25, 0.3) is 0 Å². The minimum Gasteiger partial charge on any atom is -0.467 e. The summed E-state index contributed by atoms with van der Waals surface area (Å²) in [6.45, 7) is 0. The zero-order valence-electron chi connectivity index (χ0n) is 8.85. The monoisotopic (exact) mass is 279 g/mol. The van der Waals surface area contributed by atoms with Crippen LogP contribution >= 0.6 is 23.2 Å². The van der Waals surface area contributed by atoms with Crippen molar-refractivity contribution in [2.45, 2.75) is 12.2 Å². The normalized spacial score (nSPS) is 14.2. The Morgan fingerprint density at radius 1 is 1.35 bits per heavy atom. The molecule has 1 aromatic carbocycles. The number of aliphatic hydroxyl groups is 2. The second-order valence-corrected chi connectivity index (χ2v) is 4.04. The molecule has 2 atom stereocenters. The van der Waals surface area contributed by atoms with Crippen molar-refractivity contribution in [3.8, 4) is 0 Å². The van der Waals surface area contributed by atoms with E-state index < -0.39 is 18.2 Å². The summed E-state index contributed by atoms with van der Waals surface area (Å²) in [5, 5.41) is 19.3. The molecule has 0 aliphatic heterocycles. The fraction of sp³-hybridized carbons (Fsp3) is 0.300. The topological polar surface area (TPSA) is 92.8 Å². The Balaban J connectivity index is 3.09. The molecule has 4 N–H and O–H groups in total. The third-order valence-corrected chi connectivity index (χ3v) is 3.11. The molecule has 5 nitrogen and oxygen atoms in total. The van der Waals surface area contributed by atoms with Crippen molar-refractivity contribution < 1.29 is 19.7 Å². The van der Waals surface area contributed by atoms with Crippen LogP contribution in [-0.2, 0) is 9.53 Å². The SMILES string of the molecule is COC(=O)C(O)C(O)c1ccc(N)c(Cl)c1Cl. The number of benzene rings is 1. The summed E-state index contributed by atoms with van der Waals surface area (Å²) < 4.78 is 4.30. The highest BCUT2D eigenvalue weighted by molar-refractivity contribution is 6.44. The van der Waals surface area contributed by atoms with E-state index in [-0.39, 0.29) is 21.3 Å². The Labute approximate surface area is 108 Å². The fourth-order valence-electron chi connectivity index (χ4n) is 1.23. The standard InChI is InChI=1S/C10H11Cl2NO4/c1-17-10(16)9(15)8(14)4-2-3-5(13)7(12)6(4)11/h2-3,8-9,14-15H,13H2,1H3. The number of carbonyl (C=O) groups excluding carboxylic acids is 1. The summed E-state index contributed by atoms with van der Waals surface area (Å²) in [5.41, 5.74) is 5.84. The van der Waals surface area contributed by atoms with Gasteiger partial charge in [-0.3, -0.25) is 0 Å². The first kappa shape index (κ1) is 14.1. The summed E-state index contributed by atoms with van der Waals surface area (Å²) in [6, 6.07) is 2.79. The maximum absolute atomic E-state index is 11.1. The van der Waals surface area contributed by atoms with E-state index >= 15 is 0 Å². The number of aliphatic hydroxyl groups excluding tert-OH is 2. The first-order valence-corrected chi connectivity index (χ1v) is 5.33. The second-order valence-electron chi connectivity index (χ2n) is 3.28. The van der Waals surface area contributed by atoms with Crippen molar-refractivity contribution in [1.29, 1.82) is 0 Å². The van der Waals surface area contributed by atoms with E-state index in [1.165, 1.54) is 12.1 Å². The zero-order valence-corrected chi connectivity index (χ0v) is 10.4. The molecule has 2 unspecified atom stereocenters. The van der Waals surface area contributed by atoms with Gasteiger partial charge in [0.2, 0.25) is 0 Å². The number of esters is 1. The van der Waals surface area contributed by atoms with Gasteiger partial charge in [-0.05, 0) is 6.07 Å². The lowest BCUT2D eigenvalue weighted by molar-refractivity contribution is -0.156. The van der Waals surface area contributed by atoms with Gasteiger partial charge in [0.25, 0.3) is 0 Å². The average Bonchev–Trinajstić information content (AvgIpc) is 2.33. The van der Waals surface area contributed by atoms with Crippen molar-refractivity contribution in [3.05, 3.63) is 27.7 Å². The highest BCUT2D eigenvalue weighted by atomic mass is 35.5. The predicted octanol–water partition coefficient (Wildman–Crippen LogP) is 1.14. The Kier molecular flexibility index (Phi) is 4.59. The molecule has 0 aromatic heterocycles. The number of carbonyl (C=O) groups is 1.